The van der Waals surface area contributed by atoms with E-state index in [1.807, 2.05) is 25.1 Å². The smallest absolute Gasteiger partial charge is 0.272 e. The van der Waals surface area contributed by atoms with Gasteiger partial charge in [0.1, 0.15) is 6.07 Å². The highest BCUT2D eigenvalue weighted by molar-refractivity contribution is 7.13. The number of nitrogens with two attached hydrogens (primary N) is 1. The van der Waals surface area contributed by atoms with Crippen molar-refractivity contribution >= 4 is 33.7 Å². The topological polar surface area (TPSA) is 105 Å². The third-order valence-electron chi connectivity index (χ3n) is 3.64. The van der Waals surface area contributed by atoms with E-state index in [2.05, 4.69) is 21.4 Å². The molecule has 7 heteroatoms. The number of hydrogen-bond acceptors (Lipinski definition) is 6. The minimum Gasteiger partial charge on any atom is -0.396 e. The van der Waals surface area contributed by atoms with Crippen molar-refractivity contribution in [3.63, 3.8) is 0 Å². The van der Waals surface area contributed by atoms with Gasteiger partial charge in [-0.2, -0.15) is 5.26 Å². The Bertz CT molecular complexity index is 957. The number of nitrogens with one attached hydrogen (secondary N) is 1. The van der Waals surface area contributed by atoms with Crippen molar-refractivity contribution in [1.29, 1.82) is 5.26 Å². The fraction of sp³-hybridized carbons (Fsp3) is 0.176. The minimum absolute atomic E-state index is 0.220. The first kappa shape index (κ1) is 15.9. The number of carbonyl (C=O) groups is 1. The molecule has 0 atom stereocenters. The van der Waals surface area contributed by atoms with Gasteiger partial charge in [0.15, 0.2) is 11.4 Å². The van der Waals surface area contributed by atoms with Gasteiger partial charge in [0.05, 0.1) is 16.1 Å². The summed E-state index contributed by atoms with van der Waals surface area (Å²) in [7, 11) is 0. The third kappa shape index (κ3) is 2.68. The number of thiazole rings is 1. The summed E-state index contributed by atoms with van der Waals surface area (Å²) >= 11 is 1.39. The van der Waals surface area contributed by atoms with Gasteiger partial charge in [-0.3, -0.25) is 4.79 Å². The molecule has 24 heavy (non-hydrogen) atoms. The number of hydrogen-bond donors (Lipinski definition) is 2. The first-order chi connectivity index (χ1) is 11.7. The van der Waals surface area contributed by atoms with Crippen molar-refractivity contribution in [3.8, 4) is 16.5 Å². The summed E-state index contributed by atoms with van der Waals surface area (Å²) < 4.78 is 0. The van der Waals surface area contributed by atoms with Gasteiger partial charge in [-0.05, 0) is 6.42 Å². The summed E-state index contributed by atoms with van der Waals surface area (Å²) in [4.78, 5) is 21.3. The van der Waals surface area contributed by atoms with Gasteiger partial charge in [-0.15, -0.1) is 11.3 Å². The van der Waals surface area contributed by atoms with Crippen LogP contribution >= 0.6 is 11.3 Å². The SMILES string of the molecule is CCCNC(=O)c1ncc2c(-c3scnc3C#N)cccc2c1N. The molecule has 0 aliphatic heterocycles. The maximum atomic E-state index is 12.2. The number of nitriles is 1. The van der Waals surface area contributed by atoms with Crippen molar-refractivity contribution in [2.75, 3.05) is 12.3 Å². The zero-order valence-corrected chi connectivity index (χ0v) is 13.9. The molecule has 0 aliphatic rings. The standard InChI is InChI=1S/C17H15N5OS/c1-2-6-20-17(23)15-14(19)10-4-3-5-11(12(10)8-21-15)16-13(7-18)22-9-24-16/h3-5,8-9H,2,6,19H2,1H3,(H,20,23). The fourth-order valence-corrected chi connectivity index (χ4v) is 3.26. The number of carbonyl (C=O) groups excluding carboxylic acids is 1. The van der Waals surface area contributed by atoms with Gasteiger partial charge in [0, 0.05) is 29.1 Å². The summed E-state index contributed by atoms with van der Waals surface area (Å²) in [6.07, 6.45) is 2.47. The van der Waals surface area contributed by atoms with Gasteiger partial charge in [-0.25, -0.2) is 9.97 Å². The van der Waals surface area contributed by atoms with Crippen LogP contribution in [0.4, 0.5) is 5.69 Å². The second-order valence-corrected chi connectivity index (χ2v) is 6.04. The van der Waals surface area contributed by atoms with Crippen molar-refractivity contribution in [2.24, 2.45) is 0 Å². The molecule has 0 radical (unpaired) electrons. The van der Waals surface area contributed by atoms with E-state index >= 15 is 0 Å². The van der Waals surface area contributed by atoms with Gasteiger partial charge >= 0.3 is 0 Å². The molecule has 0 unspecified atom stereocenters. The normalized spacial score (nSPS) is 10.5. The molecule has 0 bridgehead atoms. The van der Waals surface area contributed by atoms with Crippen LogP contribution in [0.25, 0.3) is 21.2 Å². The number of nitrogen functional groups attached to an aromatic ring is 1. The predicted molar refractivity (Wildman–Crippen MR) is 94.6 cm³/mol. The van der Waals surface area contributed by atoms with Gasteiger partial charge < -0.3 is 11.1 Å². The number of benzene rings is 1. The second-order valence-electron chi connectivity index (χ2n) is 5.19. The third-order valence-corrected chi connectivity index (χ3v) is 4.50. The van der Waals surface area contributed by atoms with E-state index in [0.29, 0.717) is 17.9 Å². The molecule has 0 spiro atoms. The van der Waals surface area contributed by atoms with E-state index < -0.39 is 0 Å². The number of anilines is 1. The molecule has 1 aromatic carbocycles. The van der Waals surface area contributed by atoms with Crippen LogP contribution in [0.5, 0.6) is 0 Å². The lowest BCUT2D eigenvalue weighted by Gasteiger charge is -2.11. The maximum absolute atomic E-state index is 12.2. The first-order valence-corrected chi connectivity index (χ1v) is 8.34. The molecule has 1 amide bonds. The van der Waals surface area contributed by atoms with Crippen LogP contribution in [0, 0.1) is 11.3 Å². The highest BCUT2D eigenvalue weighted by Crippen LogP contribution is 2.35. The van der Waals surface area contributed by atoms with Crippen LogP contribution in [0.15, 0.2) is 29.9 Å². The molecule has 2 heterocycles. The van der Waals surface area contributed by atoms with E-state index in [9.17, 15) is 10.1 Å². The Balaban J connectivity index is 2.15. The maximum Gasteiger partial charge on any atom is 0.272 e. The molecular weight excluding hydrogens is 322 g/mol. The van der Waals surface area contributed by atoms with Crippen LogP contribution < -0.4 is 11.1 Å². The second kappa shape index (κ2) is 6.64. The highest BCUT2D eigenvalue weighted by Gasteiger charge is 2.17. The van der Waals surface area contributed by atoms with Crippen LogP contribution in [-0.4, -0.2) is 22.4 Å². The Morgan fingerprint density at radius 1 is 1.38 bits per heavy atom. The minimum atomic E-state index is -0.280. The molecule has 0 fully saturated rings. The molecule has 3 N–H and O–H groups in total. The number of amides is 1. The number of aromatic nitrogens is 2. The molecule has 120 valence electrons. The number of fused-ring (bicyclic) bond motifs is 1. The van der Waals surface area contributed by atoms with E-state index in [0.717, 1.165) is 27.6 Å². The molecule has 0 saturated carbocycles. The molecular formula is C17H15N5OS. The van der Waals surface area contributed by atoms with Crippen LogP contribution in [0.1, 0.15) is 29.5 Å². The summed E-state index contributed by atoms with van der Waals surface area (Å²) in [5, 5.41) is 13.5. The lowest BCUT2D eigenvalue weighted by Crippen LogP contribution is -2.26. The molecule has 2 aromatic heterocycles. The Kier molecular flexibility index (Phi) is 4.40. The van der Waals surface area contributed by atoms with Crippen LogP contribution in [0.2, 0.25) is 0 Å². The zero-order chi connectivity index (χ0) is 17.1. The predicted octanol–water partition coefficient (Wildman–Crippen LogP) is 2.95. The quantitative estimate of drug-likeness (QED) is 0.761. The van der Waals surface area contributed by atoms with Crippen molar-refractivity contribution < 1.29 is 4.79 Å². The van der Waals surface area contributed by atoms with Crippen molar-refractivity contribution in [3.05, 3.63) is 41.3 Å². The zero-order valence-electron chi connectivity index (χ0n) is 13.0. The fourth-order valence-electron chi connectivity index (χ4n) is 2.48. The van der Waals surface area contributed by atoms with E-state index in [1.54, 1.807) is 11.7 Å². The largest absolute Gasteiger partial charge is 0.396 e. The molecule has 3 aromatic rings. The monoisotopic (exact) mass is 337 g/mol. The number of rotatable bonds is 4. The number of pyridine rings is 1. The number of nitrogens with zero attached hydrogens (tertiary/aromatic N) is 3. The Morgan fingerprint density at radius 3 is 2.96 bits per heavy atom. The summed E-state index contributed by atoms with van der Waals surface area (Å²) in [6.45, 7) is 2.55. The van der Waals surface area contributed by atoms with Crippen LogP contribution in [0.3, 0.4) is 0 Å². The summed E-state index contributed by atoms with van der Waals surface area (Å²) in [5.41, 5.74) is 9.59. The first-order valence-electron chi connectivity index (χ1n) is 7.46. The Hall–Kier alpha value is -2.98. The Morgan fingerprint density at radius 2 is 2.21 bits per heavy atom. The molecule has 0 aliphatic carbocycles. The van der Waals surface area contributed by atoms with Crippen LogP contribution in [-0.2, 0) is 0 Å². The van der Waals surface area contributed by atoms with Gasteiger partial charge in [0.2, 0.25) is 0 Å². The lowest BCUT2D eigenvalue weighted by molar-refractivity contribution is 0.0950. The van der Waals surface area contributed by atoms with Crippen molar-refractivity contribution in [2.45, 2.75) is 13.3 Å². The van der Waals surface area contributed by atoms with E-state index in [1.165, 1.54) is 11.3 Å². The van der Waals surface area contributed by atoms with E-state index in [-0.39, 0.29) is 11.6 Å². The average Bonchev–Trinajstić information content (AvgIpc) is 3.08. The molecule has 0 saturated heterocycles. The van der Waals surface area contributed by atoms with E-state index in [4.69, 9.17) is 5.73 Å². The van der Waals surface area contributed by atoms with Crippen molar-refractivity contribution in [1.82, 2.24) is 15.3 Å². The summed E-state index contributed by atoms with van der Waals surface area (Å²) in [5.74, 6) is -0.280. The Labute approximate surface area is 143 Å². The molecule has 3 rings (SSSR count). The van der Waals surface area contributed by atoms with Gasteiger partial charge in [0.25, 0.3) is 5.91 Å². The lowest BCUT2D eigenvalue weighted by atomic mass is 10.0. The summed E-state index contributed by atoms with van der Waals surface area (Å²) in [6, 6.07) is 7.68. The molecule has 6 nitrogen and oxygen atoms in total. The average molecular weight is 337 g/mol. The highest BCUT2D eigenvalue weighted by atomic mass is 32.1. The van der Waals surface area contributed by atoms with Gasteiger partial charge in [-0.1, -0.05) is 25.1 Å².